The lowest BCUT2D eigenvalue weighted by atomic mass is 10.2. The number of thioether (sulfide) groups is 1. The number of benzene rings is 3. The highest BCUT2D eigenvalue weighted by molar-refractivity contribution is 9.10. The maximum atomic E-state index is 12.5. The summed E-state index contributed by atoms with van der Waals surface area (Å²) in [5, 5.41) is 2.77. The van der Waals surface area contributed by atoms with Gasteiger partial charge in [0.1, 0.15) is 6.54 Å². The molecule has 3 aromatic carbocycles. The number of rotatable bonds is 8. The summed E-state index contributed by atoms with van der Waals surface area (Å²) in [6.07, 6.45) is 1.08. The van der Waals surface area contributed by atoms with Gasteiger partial charge in [0.2, 0.25) is 15.9 Å². The van der Waals surface area contributed by atoms with E-state index in [2.05, 4.69) is 33.4 Å². The van der Waals surface area contributed by atoms with Crippen LogP contribution in [0.25, 0.3) is 0 Å². The summed E-state index contributed by atoms with van der Waals surface area (Å²) in [5.74, 6) is 0.407. The standard InChI is InChI=1S/C22H21BrN2O3S2/c1-30(27,28)25(21-10-6-5-9-20(21)23)15-22(26)24-18-13-11-17(12-14-18)16-29-19-7-3-2-4-8-19/h2-14H,15-16H2,1H3,(H,24,26). The van der Waals surface area contributed by atoms with Crippen molar-refractivity contribution in [3.05, 3.63) is 88.9 Å². The Kier molecular flexibility index (Phi) is 7.58. The second kappa shape index (κ2) is 10.1. The lowest BCUT2D eigenvalue weighted by molar-refractivity contribution is -0.114. The van der Waals surface area contributed by atoms with Gasteiger partial charge in [-0.3, -0.25) is 9.10 Å². The first-order valence-corrected chi connectivity index (χ1v) is 12.7. The number of hydrogen-bond acceptors (Lipinski definition) is 4. The third-order valence-corrected chi connectivity index (χ3v) is 7.08. The van der Waals surface area contributed by atoms with Crippen molar-refractivity contribution in [2.45, 2.75) is 10.6 Å². The lowest BCUT2D eigenvalue weighted by Crippen LogP contribution is -2.37. The molecule has 1 N–H and O–H groups in total. The Balaban J connectivity index is 1.62. The Bertz CT molecular complexity index is 1100. The summed E-state index contributed by atoms with van der Waals surface area (Å²) in [6.45, 7) is -0.312. The van der Waals surface area contributed by atoms with Gasteiger partial charge in [0.05, 0.1) is 11.9 Å². The van der Waals surface area contributed by atoms with E-state index >= 15 is 0 Å². The fourth-order valence-corrected chi connectivity index (χ4v) is 5.09. The molecule has 1 amide bonds. The predicted molar refractivity (Wildman–Crippen MR) is 127 cm³/mol. The van der Waals surface area contributed by atoms with Gasteiger partial charge in [-0.1, -0.05) is 42.5 Å². The second-order valence-corrected chi connectivity index (χ2v) is 10.4. The summed E-state index contributed by atoms with van der Waals surface area (Å²) in [5.41, 5.74) is 2.17. The van der Waals surface area contributed by atoms with Gasteiger partial charge in [-0.15, -0.1) is 11.8 Å². The number of nitrogens with one attached hydrogen (secondary N) is 1. The topological polar surface area (TPSA) is 66.5 Å². The molecule has 0 saturated carbocycles. The minimum atomic E-state index is -3.63. The number of carbonyl (C=O) groups excluding carboxylic acids is 1. The number of carbonyl (C=O) groups is 1. The summed E-state index contributed by atoms with van der Waals surface area (Å²) in [4.78, 5) is 13.7. The van der Waals surface area contributed by atoms with Crippen LogP contribution in [0, 0.1) is 0 Å². The number of sulfonamides is 1. The fourth-order valence-electron chi connectivity index (χ4n) is 2.73. The number of para-hydroxylation sites is 1. The first kappa shape index (κ1) is 22.4. The van der Waals surface area contributed by atoms with Crippen molar-refractivity contribution in [3.63, 3.8) is 0 Å². The molecule has 156 valence electrons. The van der Waals surface area contributed by atoms with Crippen LogP contribution < -0.4 is 9.62 Å². The SMILES string of the molecule is CS(=O)(=O)N(CC(=O)Nc1ccc(CSc2ccccc2)cc1)c1ccccc1Br. The molecule has 3 aromatic rings. The van der Waals surface area contributed by atoms with Gasteiger partial charge in [0, 0.05) is 20.8 Å². The number of nitrogens with zero attached hydrogens (tertiary/aromatic N) is 1. The Morgan fingerprint density at radius 2 is 1.60 bits per heavy atom. The molecule has 0 atom stereocenters. The van der Waals surface area contributed by atoms with Crippen molar-refractivity contribution in [3.8, 4) is 0 Å². The molecule has 30 heavy (non-hydrogen) atoms. The zero-order valence-corrected chi connectivity index (χ0v) is 19.5. The summed E-state index contributed by atoms with van der Waals surface area (Å²) < 4.78 is 26.1. The summed E-state index contributed by atoms with van der Waals surface area (Å²) in [6, 6.07) is 24.6. The van der Waals surface area contributed by atoms with E-state index in [4.69, 9.17) is 0 Å². The van der Waals surface area contributed by atoms with Gasteiger partial charge < -0.3 is 5.32 Å². The number of amides is 1. The largest absolute Gasteiger partial charge is 0.325 e. The normalized spacial score (nSPS) is 11.1. The van der Waals surface area contributed by atoms with E-state index in [0.717, 1.165) is 21.9 Å². The fraction of sp³-hybridized carbons (Fsp3) is 0.136. The predicted octanol–water partition coefficient (Wildman–Crippen LogP) is 5.15. The van der Waals surface area contributed by atoms with E-state index in [9.17, 15) is 13.2 Å². The minimum Gasteiger partial charge on any atom is -0.325 e. The summed E-state index contributed by atoms with van der Waals surface area (Å²) in [7, 11) is -3.63. The third-order valence-electron chi connectivity index (χ3n) is 4.20. The van der Waals surface area contributed by atoms with Crippen LogP contribution in [-0.2, 0) is 20.6 Å². The first-order valence-electron chi connectivity index (χ1n) is 9.12. The molecule has 8 heteroatoms. The van der Waals surface area contributed by atoms with Crippen LogP contribution in [0.1, 0.15) is 5.56 Å². The van der Waals surface area contributed by atoms with Gasteiger partial charge in [-0.25, -0.2) is 8.42 Å². The van der Waals surface area contributed by atoms with Crippen molar-refractivity contribution in [2.24, 2.45) is 0 Å². The molecule has 0 radical (unpaired) electrons. The number of hydrogen-bond donors (Lipinski definition) is 1. The van der Waals surface area contributed by atoms with Gasteiger partial charge in [0.15, 0.2) is 0 Å². The zero-order valence-electron chi connectivity index (χ0n) is 16.3. The van der Waals surface area contributed by atoms with Crippen molar-refractivity contribution in [2.75, 3.05) is 22.4 Å². The van der Waals surface area contributed by atoms with Crippen molar-refractivity contribution >= 4 is 55.0 Å². The first-order chi connectivity index (χ1) is 14.3. The molecule has 0 unspecified atom stereocenters. The maximum Gasteiger partial charge on any atom is 0.245 e. The molecule has 5 nitrogen and oxygen atoms in total. The van der Waals surface area contributed by atoms with Crippen LogP contribution in [-0.4, -0.2) is 27.1 Å². The minimum absolute atomic E-state index is 0.312. The van der Waals surface area contributed by atoms with Crippen molar-refractivity contribution in [1.82, 2.24) is 0 Å². The Labute approximate surface area is 189 Å². The van der Waals surface area contributed by atoms with E-state index in [1.807, 2.05) is 42.5 Å². The average molecular weight is 505 g/mol. The van der Waals surface area contributed by atoms with Gasteiger partial charge in [0.25, 0.3) is 0 Å². The van der Waals surface area contributed by atoms with E-state index in [1.165, 1.54) is 4.90 Å². The van der Waals surface area contributed by atoms with Gasteiger partial charge >= 0.3 is 0 Å². The lowest BCUT2D eigenvalue weighted by Gasteiger charge is -2.23. The molecule has 0 bridgehead atoms. The highest BCUT2D eigenvalue weighted by Gasteiger charge is 2.22. The Morgan fingerprint density at radius 3 is 2.23 bits per heavy atom. The van der Waals surface area contributed by atoms with Gasteiger partial charge in [-0.2, -0.15) is 0 Å². The van der Waals surface area contributed by atoms with Crippen LogP contribution in [0.5, 0.6) is 0 Å². The molecule has 0 fully saturated rings. The molecule has 0 saturated heterocycles. The molecule has 0 aliphatic rings. The molecule has 0 spiro atoms. The zero-order chi connectivity index (χ0) is 21.6. The number of anilines is 2. The maximum absolute atomic E-state index is 12.5. The van der Waals surface area contributed by atoms with Crippen LogP contribution in [0.3, 0.4) is 0 Å². The van der Waals surface area contributed by atoms with E-state index in [0.29, 0.717) is 15.8 Å². The van der Waals surface area contributed by atoms with Crippen LogP contribution in [0.2, 0.25) is 0 Å². The Morgan fingerprint density at radius 1 is 0.967 bits per heavy atom. The molecule has 3 rings (SSSR count). The van der Waals surface area contributed by atoms with Crippen LogP contribution >= 0.6 is 27.7 Å². The molecule has 0 aliphatic carbocycles. The molecular weight excluding hydrogens is 484 g/mol. The summed E-state index contributed by atoms with van der Waals surface area (Å²) >= 11 is 5.08. The van der Waals surface area contributed by atoms with Crippen LogP contribution in [0.15, 0.2) is 88.2 Å². The third kappa shape index (κ3) is 6.35. The highest BCUT2D eigenvalue weighted by Crippen LogP contribution is 2.27. The molecule has 0 aliphatic heterocycles. The number of halogens is 1. The van der Waals surface area contributed by atoms with E-state index in [1.54, 1.807) is 36.0 Å². The second-order valence-electron chi connectivity index (χ2n) is 6.57. The van der Waals surface area contributed by atoms with Crippen molar-refractivity contribution in [1.29, 1.82) is 0 Å². The molecule has 0 heterocycles. The van der Waals surface area contributed by atoms with Crippen molar-refractivity contribution < 1.29 is 13.2 Å². The van der Waals surface area contributed by atoms with E-state index < -0.39 is 15.9 Å². The molecule has 0 aromatic heterocycles. The van der Waals surface area contributed by atoms with Crippen LogP contribution in [0.4, 0.5) is 11.4 Å². The smallest absolute Gasteiger partial charge is 0.245 e. The Hall–Kier alpha value is -2.29. The monoisotopic (exact) mass is 504 g/mol. The van der Waals surface area contributed by atoms with Gasteiger partial charge in [-0.05, 0) is 57.9 Å². The average Bonchev–Trinajstić information content (AvgIpc) is 2.72. The molecular formula is C22H21BrN2O3S2. The highest BCUT2D eigenvalue weighted by atomic mass is 79.9. The quantitative estimate of drug-likeness (QED) is 0.431. The van der Waals surface area contributed by atoms with E-state index in [-0.39, 0.29) is 6.54 Å².